The number of urea groups is 1. The maximum absolute atomic E-state index is 14.2. The summed E-state index contributed by atoms with van der Waals surface area (Å²) in [6, 6.07) is 16.4. The van der Waals surface area contributed by atoms with Crippen molar-refractivity contribution in [1.29, 1.82) is 0 Å². The van der Waals surface area contributed by atoms with E-state index in [1.165, 1.54) is 22.7 Å². The number of benzene rings is 2. The van der Waals surface area contributed by atoms with Gasteiger partial charge in [-0.25, -0.2) is 9.59 Å². The number of rotatable bonds is 7. The Labute approximate surface area is 256 Å². The molecule has 1 saturated carbocycles. The van der Waals surface area contributed by atoms with E-state index < -0.39 is 23.6 Å². The number of esters is 1. The molecule has 43 heavy (non-hydrogen) atoms. The fourth-order valence-electron chi connectivity index (χ4n) is 5.67. The smallest absolute Gasteiger partial charge is 0.338 e. The molecule has 1 aliphatic heterocycles. The van der Waals surface area contributed by atoms with Gasteiger partial charge in [-0.3, -0.25) is 9.59 Å². The monoisotopic (exact) mass is 602 g/mol. The minimum atomic E-state index is -0.917. The van der Waals surface area contributed by atoms with E-state index in [0.29, 0.717) is 21.8 Å². The first kappa shape index (κ1) is 30.3. The molecule has 0 radical (unpaired) electrons. The second-order valence-corrected chi connectivity index (χ2v) is 12.9. The number of Topliss-reactive ketones (excluding diaryl/α,β-unsaturated/α-hetero) is 1. The second-order valence-electron chi connectivity index (χ2n) is 12.0. The number of nitrogens with one attached hydrogen (secondary N) is 2. The first-order valence-corrected chi connectivity index (χ1v) is 15.6. The van der Waals surface area contributed by atoms with Gasteiger partial charge in [0.15, 0.2) is 5.78 Å². The van der Waals surface area contributed by atoms with Gasteiger partial charge in [0.1, 0.15) is 11.6 Å². The van der Waals surface area contributed by atoms with Crippen molar-refractivity contribution >= 4 is 52.1 Å². The molecule has 0 bridgehead atoms. The lowest BCUT2D eigenvalue weighted by atomic mass is 9.93. The number of amides is 3. The van der Waals surface area contributed by atoms with Crippen molar-refractivity contribution < 1.29 is 23.9 Å². The van der Waals surface area contributed by atoms with Crippen LogP contribution in [-0.2, 0) is 9.53 Å². The Morgan fingerprint density at radius 3 is 2.40 bits per heavy atom. The number of thiophene rings is 1. The molecule has 0 spiro atoms. The van der Waals surface area contributed by atoms with Gasteiger partial charge in [0.2, 0.25) is 0 Å². The minimum Gasteiger partial charge on any atom is -0.456 e. The molecule has 2 N–H and O–H groups in total. The summed E-state index contributed by atoms with van der Waals surface area (Å²) in [7, 11) is 0. The Morgan fingerprint density at radius 2 is 1.70 bits per heavy atom. The average Bonchev–Trinajstić information content (AvgIpc) is 3.50. The molecule has 2 heterocycles. The van der Waals surface area contributed by atoms with Crippen LogP contribution < -0.4 is 20.4 Å². The molecule has 3 aromatic rings. The van der Waals surface area contributed by atoms with Crippen molar-refractivity contribution in [2.75, 3.05) is 28.2 Å². The van der Waals surface area contributed by atoms with E-state index in [2.05, 4.69) is 15.5 Å². The standard InChI is InChI=1S/C33H38N4O5S/c1-33(2,3)42-31(40)22-11-9-12-23(19-22)34-32(41)35-25-20-36(24-13-5-4-6-14-24)26-15-7-8-16-27(26)37(30(25)39)21-28(38)29-17-10-18-43-29/h7-12,15-19,24-25H,4-6,13-14,20-21H2,1-3H3,(H2,34,35,41). The van der Waals surface area contributed by atoms with Crippen LogP contribution in [0.4, 0.5) is 21.9 Å². The van der Waals surface area contributed by atoms with Gasteiger partial charge in [0.25, 0.3) is 5.91 Å². The summed E-state index contributed by atoms with van der Waals surface area (Å²) in [6.07, 6.45) is 5.37. The third-order valence-electron chi connectivity index (χ3n) is 7.60. The summed E-state index contributed by atoms with van der Waals surface area (Å²) in [5.74, 6) is -1.01. The van der Waals surface area contributed by atoms with E-state index in [9.17, 15) is 19.2 Å². The van der Waals surface area contributed by atoms with Crippen molar-refractivity contribution in [2.24, 2.45) is 0 Å². The van der Waals surface area contributed by atoms with Gasteiger partial charge in [0, 0.05) is 18.3 Å². The molecule has 226 valence electrons. The molecule has 1 unspecified atom stereocenters. The number of ketones is 1. The quantitative estimate of drug-likeness (QED) is 0.244. The molecule has 5 rings (SSSR count). The summed E-state index contributed by atoms with van der Waals surface area (Å²) in [4.78, 5) is 57.6. The number of para-hydroxylation sites is 2. The average molecular weight is 603 g/mol. The molecule has 0 saturated heterocycles. The highest BCUT2D eigenvalue weighted by Gasteiger charge is 2.38. The van der Waals surface area contributed by atoms with Gasteiger partial charge in [-0.05, 0) is 75.4 Å². The molecule has 3 amide bonds. The van der Waals surface area contributed by atoms with Crippen molar-refractivity contribution in [1.82, 2.24) is 5.32 Å². The Bertz CT molecular complexity index is 1480. The fourth-order valence-corrected chi connectivity index (χ4v) is 6.33. The predicted molar refractivity (Wildman–Crippen MR) is 169 cm³/mol. The SMILES string of the molecule is CC(C)(C)OC(=O)c1cccc(NC(=O)NC2CN(C3CCCCC3)c3ccccc3N(CC(=O)c3cccs3)C2=O)c1. The second kappa shape index (κ2) is 13.0. The number of ether oxygens (including phenoxy) is 1. The number of nitrogens with zero attached hydrogens (tertiary/aromatic N) is 2. The molecule has 2 aliphatic rings. The highest BCUT2D eigenvalue weighted by atomic mass is 32.1. The number of fused-ring (bicyclic) bond motifs is 1. The third-order valence-corrected chi connectivity index (χ3v) is 8.51. The Morgan fingerprint density at radius 1 is 0.953 bits per heavy atom. The number of carbonyl (C=O) groups is 4. The highest BCUT2D eigenvalue weighted by molar-refractivity contribution is 7.12. The summed E-state index contributed by atoms with van der Waals surface area (Å²) in [5, 5.41) is 7.48. The number of hydrogen-bond donors (Lipinski definition) is 2. The van der Waals surface area contributed by atoms with E-state index >= 15 is 0 Å². The van der Waals surface area contributed by atoms with Gasteiger partial charge in [-0.2, -0.15) is 0 Å². The van der Waals surface area contributed by atoms with E-state index in [-0.39, 0.29) is 30.8 Å². The fraction of sp³-hybridized carbons (Fsp3) is 0.394. The zero-order valence-electron chi connectivity index (χ0n) is 24.8. The van der Waals surface area contributed by atoms with Crippen molar-refractivity contribution in [3.63, 3.8) is 0 Å². The van der Waals surface area contributed by atoms with Crippen LogP contribution >= 0.6 is 11.3 Å². The first-order valence-electron chi connectivity index (χ1n) is 14.7. The summed E-state index contributed by atoms with van der Waals surface area (Å²) in [5.41, 5.74) is 1.58. The first-order chi connectivity index (χ1) is 20.6. The van der Waals surface area contributed by atoms with E-state index in [1.54, 1.807) is 51.1 Å². The van der Waals surface area contributed by atoms with E-state index in [1.807, 2.05) is 35.7 Å². The van der Waals surface area contributed by atoms with Gasteiger partial charge >= 0.3 is 12.0 Å². The largest absolute Gasteiger partial charge is 0.456 e. The molecule has 1 atom stereocenters. The molecule has 1 aromatic heterocycles. The molecular weight excluding hydrogens is 564 g/mol. The van der Waals surface area contributed by atoms with Crippen molar-refractivity contribution in [2.45, 2.75) is 70.6 Å². The van der Waals surface area contributed by atoms with Crippen LogP contribution in [-0.4, -0.2) is 54.5 Å². The number of hydrogen-bond acceptors (Lipinski definition) is 7. The molecule has 9 nitrogen and oxygen atoms in total. The van der Waals surface area contributed by atoms with Gasteiger partial charge < -0.3 is 25.2 Å². The van der Waals surface area contributed by atoms with Crippen molar-refractivity contribution in [3.05, 3.63) is 76.5 Å². The lowest BCUT2D eigenvalue weighted by molar-refractivity contribution is -0.120. The van der Waals surface area contributed by atoms with Gasteiger partial charge in [-0.15, -0.1) is 11.3 Å². The van der Waals surface area contributed by atoms with E-state index in [0.717, 1.165) is 31.4 Å². The number of carbonyl (C=O) groups excluding carboxylic acids is 4. The normalized spacial score (nSPS) is 17.6. The van der Waals surface area contributed by atoms with Crippen LogP contribution in [0.15, 0.2) is 66.0 Å². The Balaban J connectivity index is 1.40. The minimum absolute atomic E-state index is 0.132. The lowest BCUT2D eigenvalue weighted by Crippen LogP contribution is -2.55. The molecular formula is C33H38N4O5S. The maximum atomic E-state index is 14.2. The van der Waals surface area contributed by atoms with Crippen LogP contribution in [0.2, 0.25) is 0 Å². The highest BCUT2D eigenvalue weighted by Crippen LogP contribution is 2.37. The maximum Gasteiger partial charge on any atom is 0.338 e. The van der Waals surface area contributed by atoms with Crippen molar-refractivity contribution in [3.8, 4) is 0 Å². The molecule has 2 aromatic carbocycles. The van der Waals surface area contributed by atoms with Gasteiger partial charge in [0.05, 0.1) is 28.4 Å². The Kier molecular flexibility index (Phi) is 9.15. The van der Waals surface area contributed by atoms with Crippen LogP contribution in [0.5, 0.6) is 0 Å². The molecule has 1 aliphatic carbocycles. The van der Waals surface area contributed by atoms with Gasteiger partial charge in [-0.1, -0.05) is 43.5 Å². The number of anilines is 3. The summed E-state index contributed by atoms with van der Waals surface area (Å²) >= 11 is 1.34. The van der Waals surface area contributed by atoms with Crippen LogP contribution in [0.1, 0.15) is 72.9 Å². The topological polar surface area (TPSA) is 108 Å². The van der Waals surface area contributed by atoms with E-state index in [4.69, 9.17) is 4.74 Å². The molecule has 1 fully saturated rings. The van der Waals surface area contributed by atoms with Crippen LogP contribution in [0.3, 0.4) is 0 Å². The predicted octanol–water partition coefficient (Wildman–Crippen LogP) is 6.26. The third kappa shape index (κ3) is 7.43. The summed E-state index contributed by atoms with van der Waals surface area (Å²) in [6.45, 7) is 5.51. The molecule has 10 heteroatoms. The summed E-state index contributed by atoms with van der Waals surface area (Å²) < 4.78 is 5.45. The lowest BCUT2D eigenvalue weighted by Gasteiger charge is -2.37. The zero-order valence-corrected chi connectivity index (χ0v) is 25.6. The van der Waals surface area contributed by atoms with Crippen LogP contribution in [0.25, 0.3) is 0 Å². The zero-order chi connectivity index (χ0) is 30.6. The van der Waals surface area contributed by atoms with Crippen LogP contribution in [0, 0.1) is 0 Å². The Hall–Kier alpha value is -4.18.